The van der Waals surface area contributed by atoms with Crippen molar-refractivity contribution in [2.45, 2.75) is 32.8 Å². The highest BCUT2D eigenvalue weighted by atomic mass is 32.2. The lowest BCUT2D eigenvalue weighted by atomic mass is 10.1. The summed E-state index contributed by atoms with van der Waals surface area (Å²) < 4.78 is 31.3. The van der Waals surface area contributed by atoms with Gasteiger partial charge >= 0.3 is 0 Å². The van der Waals surface area contributed by atoms with Crippen molar-refractivity contribution in [1.82, 2.24) is 5.32 Å². The van der Waals surface area contributed by atoms with Gasteiger partial charge in [-0.05, 0) is 62.1 Å². The Morgan fingerprint density at radius 1 is 1.12 bits per heavy atom. The summed E-state index contributed by atoms with van der Waals surface area (Å²) in [5.74, 6) is -0.876. The van der Waals surface area contributed by atoms with Crippen LogP contribution < -0.4 is 14.9 Å². The summed E-state index contributed by atoms with van der Waals surface area (Å²) in [4.78, 5) is 25.4. The number of hydrogen-bond acceptors (Lipinski definition) is 5. The number of benzene rings is 2. The first kappa shape index (κ1) is 23.7. The SMILES string of the molecule is Cc1ccc(N(CC(=O)Nc2ccccc2C(=O)NC[C@@H]2CCCO2)S(C)(=O)=O)cc1C. The van der Waals surface area contributed by atoms with E-state index in [0.29, 0.717) is 30.1 Å². The second kappa shape index (κ2) is 10.1. The van der Waals surface area contributed by atoms with E-state index in [0.717, 1.165) is 34.5 Å². The average Bonchev–Trinajstić information content (AvgIpc) is 3.26. The van der Waals surface area contributed by atoms with Crippen molar-refractivity contribution in [3.05, 3.63) is 59.2 Å². The number of anilines is 2. The molecule has 2 N–H and O–H groups in total. The molecule has 2 aromatic rings. The molecule has 9 heteroatoms. The molecule has 2 amide bonds. The van der Waals surface area contributed by atoms with Gasteiger partial charge in [0.25, 0.3) is 5.91 Å². The van der Waals surface area contributed by atoms with Gasteiger partial charge < -0.3 is 15.4 Å². The van der Waals surface area contributed by atoms with E-state index in [1.165, 1.54) is 0 Å². The highest BCUT2D eigenvalue weighted by Gasteiger charge is 2.23. The molecule has 1 aliphatic heterocycles. The van der Waals surface area contributed by atoms with Gasteiger partial charge in [0.05, 0.1) is 29.3 Å². The van der Waals surface area contributed by atoms with Gasteiger partial charge in [0, 0.05) is 13.2 Å². The fourth-order valence-corrected chi connectivity index (χ4v) is 4.35. The van der Waals surface area contributed by atoms with Crippen molar-refractivity contribution in [1.29, 1.82) is 0 Å². The highest BCUT2D eigenvalue weighted by Crippen LogP contribution is 2.22. The highest BCUT2D eigenvalue weighted by molar-refractivity contribution is 7.92. The summed E-state index contributed by atoms with van der Waals surface area (Å²) in [5, 5.41) is 5.52. The second-order valence-corrected chi connectivity index (χ2v) is 9.88. The summed E-state index contributed by atoms with van der Waals surface area (Å²) in [6.07, 6.45) is 2.94. The molecule has 1 fully saturated rings. The number of nitrogens with zero attached hydrogens (tertiary/aromatic N) is 1. The molecule has 2 aromatic carbocycles. The van der Waals surface area contributed by atoms with Crippen molar-refractivity contribution in [3.8, 4) is 0 Å². The van der Waals surface area contributed by atoms with Crippen molar-refractivity contribution < 1.29 is 22.7 Å². The van der Waals surface area contributed by atoms with Crippen LogP contribution in [-0.4, -0.2) is 52.3 Å². The molecule has 0 aliphatic carbocycles. The van der Waals surface area contributed by atoms with E-state index in [4.69, 9.17) is 4.74 Å². The minimum atomic E-state index is -3.70. The number of amides is 2. The smallest absolute Gasteiger partial charge is 0.253 e. The van der Waals surface area contributed by atoms with E-state index < -0.39 is 22.5 Å². The maximum Gasteiger partial charge on any atom is 0.253 e. The lowest BCUT2D eigenvalue weighted by molar-refractivity contribution is -0.114. The summed E-state index contributed by atoms with van der Waals surface area (Å²) in [6, 6.07) is 11.8. The Bertz CT molecular complexity index is 1090. The van der Waals surface area contributed by atoms with Crippen molar-refractivity contribution in [2.75, 3.05) is 35.6 Å². The second-order valence-electron chi connectivity index (χ2n) is 7.98. The largest absolute Gasteiger partial charge is 0.376 e. The van der Waals surface area contributed by atoms with Gasteiger partial charge in [-0.15, -0.1) is 0 Å². The van der Waals surface area contributed by atoms with Crippen LogP contribution in [0.2, 0.25) is 0 Å². The van der Waals surface area contributed by atoms with Crippen LogP contribution in [0.25, 0.3) is 0 Å². The molecule has 0 aromatic heterocycles. The molecule has 32 heavy (non-hydrogen) atoms. The van der Waals surface area contributed by atoms with Crippen molar-refractivity contribution >= 4 is 33.2 Å². The van der Waals surface area contributed by atoms with Crippen molar-refractivity contribution in [3.63, 3.8) is 0 Å². The molecule has 1 atom stereocenters. The molecule has 172 valence electrons. The Hall–Kier alpha value is -2.91. The van der Waals surface area contributed by atoms with Crippen LogP contribution in [0.1, 0.15) is 34.3 Å². The molecular formula is C23H29N3O5S. The quantitative estimate of drug-likeness (QED) is 0.631. The third kappa shape index (κ3) is 6.08. The molecule has 8 nitrogen and oxygen atoms in total. The predicted octanol–water partition coefficient (Wildman–Crippen LogP) is 2.62. The van der Waals surface area contributed by atoms with Gasteiger partial charge in [-0.3, -0.25) is 13.9 Å². The minimum absolute atomic E-state index is 0.00184. The molecular weight excluding hydrogens is 430 g/mol. The first-order valence-corrected chi connectivity index (χ1v) is 12.3. The van der Waals surface area contributed by atoms with Crippen LogP contribution in [-0.2, 0) is 19.6 Å². The number of sulfonamides is 1. The Morgan fingerprint density at radius 3 is 2.53 bits per heavy atom. The molecule has 0 spiro atoms. The van der Waals surface area contributed by atoms with Crippen LogP contribution in [0.3, 0.4) is 0 Å². The molecule has 0 radical (unpaired) electrons. The predicted molar refractivity (Wildman–Crippen MR) is 124 cm³/mol. The zero-order valence-electron chi connectivity index (χ0n) is 18.6. The fraction of sp³-hybridized carbons (Fsp3) is 0.391. The van der Waals surface area contributed by atoms with Crippen LogP contribution in [0.15, 0.2) is 42.5 Å². The third-order valence-corrected chi connectivity index (χ3v) is 6.57. The molecule has 1 saturated heterocycles. The number of para-hydroxylation sites is 1. The van der Waals surface area contributed by atoms with Crippen LogP contribution in [0.4, 0.5) is 11.4 Å². The minimum Gasteiger partial charge on any atom is -0.376 e. The van der Waals surface area contributed by atoms with Gasteiger partial charge in [-0.2, -0.15) is 0 Å². The topological polar surface area (TPSA) is 105 Å². The standard InChI is InChI=1S/C23H29N3O5S/c1-16-10-11-18(13-17(16)2)26(32(3,29)30)15-22(27)25-21-9-5-4-8-20(21)23(28)24-14-19-7-6-12-31-19/h4-5,8-11,13,19H,6-7,12,14-15H2,1-3H3,(H,24,28)(H,25,27)/t19-/m0/s1. The molecule has 3 rings (SSSR count). The maximum atomic E-state index is 12.8. The summed E-state index contributed by atoms with van der Waals surface area (Å²) in [6.45, 7) is 4.50. The van der Waals surface area contributed by atoms with Crippen LogP contribution in [0, 0.1) is 13.8 Å². The summed E-state index contributed by atoms with van der Waals surface area (Å²) in [7, 11) is -3.70. The van der Waals surface area contributed by atoms with E-state index >= 15 is 0 Å². The molecule has 1 heterocycles. The number of aryl methyl sites for hydroxylation is 2. The van der Waals surface area contributed by atoms with Gasteiger partial charge in [-0.1, -0.05) is 18.2 Å². The molecule has 1 aliphatic rings. The Morgan fingerprint density at radius 2 is 1.88 bits per heavy atom. The first-order chi connectivity index (χ1) is 15.1. The van der Waals surface area contributed by atoms with E-state index in [9.17, 15) is 18.0 Å². The lowest BCUT2D eigenvalue weighted by Crippen LogP contribution is -2.38. The molecule has 0 unspecified atom stereocenters. The number of carbonyl (C=O) groups excluding carboxylic acids is 2. The van der Waals surface area contributed by atoms with E-state index in [1.54, 1.807) is 36.4 Å². The zero-order valence-corrected chi connectivity index (χ0v) is 19.4. The number of nitrogens with one attached hydrogen (secondary N) is 2. The third-order valence-electron chi connectivity index (χ3n) is 5.43. The van der Waals surface area contributed by atoms with Gasteiger partial charge in [0.1, 0.15) is 6.54 Å². The van der Waals surface area contributed by atoms with E-state index in [2.05, 4.69) is 10.6 Å². The number of ether oxygens (including phenoxy) is 1. The Balaban J connectivity index is 1.72. The Labute approximate surface area is 189 Å². The maximum absolute atomic E-state index is 12.8. The molecule has 0 saturated carbocycles. The summed E-state index contributed by atoms with van der Waals surface area (Å²) in [5.41, 5.74) is 2.97. The monoisotopic (exact) mass is 459 g/mol. The number of carbonyl (C=O) groups is 2. The van der Waals surface area contributed by atoms with E-state index in [1.807, 2.05) is 19.9 Å². The van der Waals surface area contributed by atoms with Gasteiger partial charge in [0.15, 0.2) is 0 Å². The van der Waals surface area contributed by atoms with E-state index in [-0.39, 0.29) is 12.0 Å². The van der Waals surface area contributed by atoms with Gasteiger partial charge in [0.2, 0.25) is 15.9 Å². The van der Waals surface area contributed by atoms with Crippen LogP contribution >= 0.6 is 0 Å². The average molecular weight is 460 g/mol. The number of hydrogen-bond donors (Lipinski definition) is 2. The summed E-state index contributed by atoms with van der Waals surface area (Å²) >= 11 is 0. The normalized spacial score (nSPS) is 15.9. The Kier molecular flexibility index (Phi) is 7.52. The lowest BCUT2D eigenvalue weighted by Gasteiger charge is -2.23. The molecule has 0 bridgehead atoms. The first-order valence-electron chi connectivity index (χ1n) is 10.5. The zero-order chi connectivity index (χ0) is 23.3. The fourth-order valence-electron chi connectivity index (χ4n) is 3.50. The van der Waals surface area contributed by atoms with Crippen molar-refractivity contribution in [2.24, 2.45) is 0 Å². The van der Waals surface area contributed by atoms with Crippen LogP contribution in [0.5, 0.6) is 0 Å². The number of rotatable bonds is 8. The van der Waals surface area contributed by atoms with Gasteiger partial charge in [-0.25, -0.2) is 8.42 Å².